The lowest BCUT2D eigenvalue weighted by Crippen LogP contribution is -2.01. The largest absolute Gasteiger partial charge is 0.456 e. The second kappa shape index (κ2) is 10.5. The van der Waals surface area contributed by atoms with Gasteiger partial charge in [0.15, 0.2) is 17.5 Å². The Morgan fingerprint density at radius 2 is 1.10 bits per heavy atom. The minimum atomic E-state index is 0.599. The molecule has 4 heterocycles. The number of nitrogens with zero attached hydrogens (tertiary/aromatic N) is 4. The van der Waals surface area contributed by atoms with Gasteiger partial charge in [0.2, 0.25) is 0 Å². The van der Waals surface area contributed by atoms with Crippen molar-refractivity contribution in [2.75, 3.05) is 0 Å². The Balaban J connectivity index is 1.23. The summed E-state index contributed by atoms with van der Waals surface area (Å²) < 4.78 is 8.76. The van der Waals surface area contributed by atoms with Gasteiger partial charge in [-0.15, -0.1) is 11.3 Å². The van der Waals surface area contributed by atoms with Crippen LogP contribution in [0.3, 0.4) is 0 Å². The van der Waals surface area contributed by atoms with E-state index in [1.165, 1.54) is 20.2 Å². The molecule has 232 valence electrons. The fourth-order valence-corrected chi connectivity index (χ4v) is 8.61. The van der Waals surface area contributed by atoms with Gasteiger partial charge in [0.05, 0.1) is 5.52 Å². The number of hydrogen-bond donors (Lipinski definition) is 0. The molecule has 0 aliphatic carbocycles. The van der Waals surface area contributed by atoms with Crippen LogP contribution in [0.5, 0.6) is 0 Å². The van der Waals surface area contributed by atoms with Crippen LogP contribution in [0.4, 0.5) is 0 Å². The van der Waals surface area contributed by atoms with Gasteiger partial charge in [-0.2, -0.15) is 0 Å². The standard InChI is InChI=1S/C44H24N4OS/c1-2-11-27-26(10-1)34(23-33-28-12-3-6-16-36(28)45-24-35(27)33)44-47-42(25-20-21-30-29-13-5-8-19-39(29)50-40(30)22-25)46-43(48-44)32-15-9-18-38-41(32)31-14-4-7-17-37(31)49-38/h1-24H. The molecule has 4 aromatic heterocycles. The van der Waals surface area contributed by atoms with Crippen LogP contribution in [-0.4, -0.2) is 19.9 Å². The Morgan fingerprint density at radius 1 is 0.420 bits per heavy atom. The van der Waals surface area contributed by atoms with Crippen LogP contribution >= 0.6 is 11.3 Å². The Labute approximate surface area is 289 Å². The number of fused-ring (bicyclic) bond motifs is 11. The highest BCUT2D eigenvalue weighted by Crippen LogP contribution is 2.41. The first-order chi connectivity index (χ1) is 24.8. The molecule has 0 radical (unpaired) electrons. The van der Waals surface area contributed by atoms with E-state index in [0.717, 1.165) is 71.1 Å². The molecule has 0 saturated carbocycles. The Bertz CT molecular complexity index is 3180. The highest BCUT2D eigenvalue weighted by molar-refractivity contribution is 7.25. The van der Waals surface area contributed by atoms with E-state index in [4.69, 9.17) is 24.4 Å². The van der Waals surface area contributed by atoms with Gasteiger partial charge in [0.25, 0.3) is 0 Å². The van der Waals surface area contributed by atoms with Crippen LogP contribution in [0.15, 0.2) is 150 Å². The predicted octanol–water partition coefficient (Wildman–Crippen LogP) is 12.0. The molecule has 11 aromatic rings. The van der Waals surface area contributed by atoms with Crippen LogP contribution in [0.25, 0.3) is 109 Å². The van der Waals surface area contributed by atoms with E-state index in [9.17, 15) is 0 Å². The van der Waals surface area contributed by atoms with Crippen LogP contribution in [0, 0.1) is 0 Å². The van der Waals surface area contributed by atoms with E-state index in [2.05, 4.69) is 103 Å². The zero-order valence-corrected chi connectivity index (χ0v) is 27.3. The summed E-state index contributed by atoms with van der Waals surface area (Å²) in [4.78, 5) is 20.6. The number of furan rings is 1. The molecule has 0 atom stereocenters. The summed E-state index contributed by atoms with van der Waals surface area (Å²) in [6, 6.07) is 48.3. The number of hydrogen-bond acceptors (Lipinski definition) is 6. The highest BCUT2D eigenvalue weighted by atomic mass is 32.1. The van der Waals surface area contributed by atoms with Crippen molar-refractivity contribution in [1.82, 2.24) is 19.9 Å². The quantitative estimate of drug-likeness (QED) is 0.177. The lowest BCUT2D eigenvalue weighted by Gasteiger charge is -2.13. The zero-order chi connectivity index (χ0) is 32.8. The normalized spacial score (nSPS) is 12.0. The lowest BCUT2D eigenvalue weighted by atomic mass is 9.95. The minimum absolute atomic E-state index is 0.599. The first kappa shape index (κ1) is 27.5. The molecule has 11 rings (SSSR count). The van der Waals surface area contributed by atoms with Gasteiger partial charge in [-0.1, -0.05) is 103 Å². The fraction of sp³-hybridized carbons (Fsp3) is 0. The number of thiophene rings is 1. The molecule has 0 amide bonds. The SMILES string of the molecule is c1ccc2c(c1)ncc1c3ccccc3c(-c3nc(-c4ccc5c(c4)sc4ccccc45)nc(-c4cccc5oc6ccccc6c45)n3)cc21. The van der Waals surface area contributed by atoms with Gasteiger partial charge < -0.3 is 4.42 Å². The van der Waals surface area contributed by atoms with Crippen molar-refractivity contribution in [3.05, 3.63) is 146 Å². The molecule has 0 spiro atoms. The maximum absolute atomic E-state index is 6.29. The summed E-state index contributed by atoms with van der Waals surface area (Å²) in [5.41, 5.74) is 5.38. The van der Waals surface area contributed by atoms with Crippen LogP contribution in [-0.2, 0) is 0 Å². The van der Waals surface area contributed by atoms with Gasteiger partial charge in [-0.25, -0.2) is 15.0 Å². The van der Waals surface area contributed by atoms with Crippen LogP contribution in [0.2, 0.25) is 0 Å². The van der Waals surface area contributed by atoms with Crippen molar-refractivity contribution in [1.29, 1.82) is 0 Å². The average Bonchev–Trinajstić information content (AvgIpc) is 3.75. The van der Waals surface area contributed by atoms with E-state index >= 15 is 0 Å². The third-order valence-corrected chi connectivity index (χ3v) is 10.9. The molecule has 0 unspecified atom stereocenters. The van der Waals surface area contributed by atoms with Crippen LogP contribution in [0.1, 0.15) is 0 Å². The molecule has 50 heavy (non-hydrogen) atoms. The summed E-state index contributed by atoms with van der Waals surface area (Å²) in [6.45, 7) is 0. The first-order valence-electron chi connectivity index (χ1n) is 16.5. The van der Waals surface area contributed by atoms with Crippen molar-refractivity contribution >= 4 is 85.9 Å². The maximum Gasteiger partial charge on any atom is 0.164 e. The highest BCUT2D eigenvalue weighted by Gasteiger charge is 2.20. The second-order valence-electron chi connectivity index (χ2n) is 12.6. The lowest BCUT2D eigenvalue weighted by molar-refractivity contribution is 0.669. The first-order valence-corrected chi connectivity index (χ1v) is 17.4. The number of para-hydroxylation sites is 2. The average molecular weight is 657 g/mol. The van der Waals surface area contributed by atoms with E-state index < -0.39 is 0 Å². The monoisotopic (exact) mass is 656 g/mol. The van der Waals surface area contributed by atoms with Crippen molar-refractivity contribution in [2.45, 2.75) is 0 Å². The molecule has 0 aliphatic rings. The summed E-state index contributed by atoms with van der Waals surface area (Å²) in [6.07, 6.45) is 1.99. The molecule has 0 saturated heterocycles. The van der Waals surface area contributed by atoms with E-state index in [1.54, 1.807) is 11.3 Å². The molecule has 5 nitrogen and oxygen atoms in total. The summed E-state index contributed by atoms with van der Waals surface area (Å²) in [5, 5.41) is 10.00. The Kier molecular flexibility index (Phi) is 5.76. The predicted molar refractivity (Wildman–Crippen MR) is 207 cm³/mol. The third kappa shape index (κ3) is 4.06. The summed E-state index contributed by atoms with van der Waals surface area (Å²) in [5.74, 6) is 1.84. The Morgan fingerprint density at radius 3 is 2.00 bits per heavy atom. The summed E-state index contributed by atoms with van der Waals surface area (Å²) >= 11 is 1.79. The molecule has 0 N–H and O–H groups in total. The fourth-order valence-electron chi connectivity index (χ4n) is 7.46. The second-order valence-corrected chi connectivity index (χ2v) is 13.7. The molecule has 6 heteroatoms. The molecular formula is C44H24N4OS. The number of benzene rings is 7. The van der Waals surface area contributed by atoms with E-state index in [-0.39, 0.29) is 0 Å². The number of pyridine rings is 1. The van der Waals surface area contributed by atoms with E-state index in [0.29, 0.717) is 17.5 Å². The van der Waals surface area contributed by atoms with Crippen molar-refractivity contribution in [3.63, 3.8) is 0 Å². The number of aromatic nitrogens is 4. The molecule has 0 fully saturated rings. The topological polar surface area (TPSA) is 64.7 Å². The third-order valence-electron chi connectivity index (χ3n) is 9.77. The minimum Gasteiger partial charge on any atom is -0.456 e. The van der Waals surface area contributed by atoms with Crippen molar-refractivity contribution in [3.8, 4) is 34.2 Å². The van der Waals surface area contributed by atoms with E-state index in [1.807, 2.05) is 42.6 Å². The van der Waals surface area contributed by atoms with Gasteiger partial charge in [0.1, 0.15) is 11.2 Å². The summed E-state index contributed by atoms with van der Waals surface area (Å²) in [7, 11) is 0. The molecule has 7 aromatic carbocycles. The van der Waals surface area contributed by atoms with Crippen LogP contribution < -0.4 is 0 Å². The zero-order valence-electron chi connectivity index (χ0n) is 26.5. The van der Waals surface area contributed by atoms with Gasteiger partial charge >= 0.3 is 0 Å². The molecule has 0 bridgehead atoms. The number of rotatable bonds is 3. The molecule has 0 aliphatic heterocycles. The molecular weight excluding hydrogens is 633 g/mol. The van der Waals surface area contributed by atoms with Crippen molar-refractivity contribution < 1.29 is 4.42 Å². The Hall–Kier alpha value is -6.50. The van der Waals surface area contributed by atoms with Gasteiger partial charge in [0, 0.05) is 64.6 Å². The maximum atomic E-state index is 6.29. The van der Waals surface area contributed by atoms with Crippen molar-refractivity contribution in [2.24, 2.45) is 0 Å². The van der Waals surface area contributed by atoms with Gasteiger partial charge in [-0.3, -0.25) is 4.98 Å². The van der Waals surface area contributed by atoms with Gasteiger partial charge in [-0.05, 0) is 52.6 Å². The smallest absolute Gasteiger partial charge is 0.164 e.